The fourth-order valence-electron chi connectivity index (χ4n) is 3.36. The Morgan fingerprint density at radius 2 is 2.14 bits per heavy atom. The predicted molar refractivity (Wildman–Crippen MR) is 119 cm³/mol. The first-order valence-electron chi connectivity index (χ1n) is 8.64. The highest BCUT2D eigenvalue weighted by molar-refractivity contribution is 9.10. The number of halogens is 1. The molecule has 0 radical (unpaired) electrons. The molecular weight excluding hydrogens is 438 g/mol. The van der Waals surface area contributed by atoms with Crippen molar-refractivity contribution in [2.24, 2.45) is 0 Å². The fourth-order valence-corrected chi connectivity index (χ4v) is 5.00. The molecule has 0 aliphatic heterocycles. The van der Waals surface area contributed by atoms with Crippen molar-refractivity contribution < 1.29 is 9.53 Å². The van der Waals surface area contributed by atoms with Crippen LogP contribution in [0.15, 0.2) is 47.1 Å². The Morgan fingerprint density at radius 1 is 1.32 bits per heavy atom. The number of benzene rings is 2. The molecule has 1 amide bonds. The van der Waals surface area contributed by atoms with Crippen molar-refractivity contribution in [1.82, 2.24) is 4.98 Å². The van der Waals surface area contributed by atoms with Gasteiger partial charge in [0.05, 0.1) is 23.5 Å². The van der Waals surface area contributed by atoms with Crippen LogP contribution >= 0.6 is 27.3 Å². The summed E-state index contributed by atoms with van der Waals surface area (Å²) in [6.45, 7) is 2.47. The first-order valence-corrected chi connectivity index (χ1v) is 10.2. The third-order valence-electron chi connectivity index (χ3n) is 4.48. The lowest BCUT2D eigenvalue weighted by atomic mass is 10.1. The Kier molecular flexibility index (Phi) is 5.05. The maximum atomic E-state index is 13.1. The Labute approximate surface area is 174 Å². The van der Waals surface area contributed by atoms with Crippen molar-refractivity contribution in [3.8, 4) is 0 Å². The van der Waals surface area contributed by atoms with E-state index in [-0.39, 0.29) is 5.91 Å². The molecule has 0 bridgehead atoms. The normalized spacial score (nSPS) is 11.2. The zero-order chi connectivity index (χ0) is 19.8. The summed E-state index contributed by atoms with van der Waals surface area (Å²) in [5.41, 5.74) is 10.3. The van der Waals surface area contributed by atoms with E-state index in [1.165, 1.54) is 11.3 Å². The molecule has 28 heavy (non-hydrogen) atoms. The van der Waals surface area contributed by atoms with Gasteiger partial charge in [-0.2, -0.15) is 0 Å². The van der Waals surface area contributed by atoms with Crippen LogP contribution in [0.4, 0.5) is 11.4 Å². The number of hydrogen-bond donors (Lipinski definition) is 2. The van der Waals surface area contributed by atoms with E-state index in [2.05, 4.69) is 26.2 Å². The molecule has 0 aliphatic rings. The average molecular weight is 456 g/mol. The van der Waals surface area contributed by atoms with E-state index in [0.29, 0.717) is 22.9 Å². The number of ether oxygens (including phenoxy) is 1. The largest absolute Gasteiger partial charge is 0.397 e. The smallest absolute Gasteiger partial charge is 0.267 e. The first kappa shape index (κ1) is 18.9. The second kappa shape index (κ2) is 7.50. The fraction of sp³-hybridized carbons (Fsp3) is 0.143. The van der Waals surface area contributed by atoms with E-state index in [9.17, 15) is 4.79 Å². The molecule has 0 spiro atoms. The van der Waals surface area contributed by atoms with Crippen molar-refractivity contribution in [2.45, 2.75) is 13.5 Å². The summed E-state index contributed by atoms with van der Waals surface area (Å²) in [7, 11) is 1.65. The van der Waals surface area contributed by atoms with Crippen LogP contribution in [0.25, 0.3) is 21.0 Å². The SMILES string of the molecule is COCc1cc(C)cc2sc(C(=O)Nc3cc(Br)cc4cccnc34)c(N)c12. The minimum Gasteiger partial charge on any atom is -0.397 e. The molecule has 0 atom stereocenters. The number of anilines is 2. The number of fused-ring (bicyclic) bond motifs is 2. The van der Waals surface area contributed by atoms with Gasteiger partial charge < -0.3 is 15.8 Å². The van der Waals surface area contributed by atoms with Gasteiger partial charge in [-0.25, -0.2) is 0 Å². The van der Waals surface area contributed by atoms with E-state index in [0.717, 1.165) is 36.6 Å². The molecule has 0 unspecified atom stereocenters. The molecule has 142 valence electrons. The lowest BCUT2D eigenvalue weighted by molar-refractivity contribution is 0.103. The lowest BCUT2D eigenvalue weighted by Gasteiger charge is -2.09. The number of nitrogens with zero attached hydrogens (tertiary/aromatic N) is 1. The van der Waals surface area contributed by atoms with Crippen molar-refractivity contribution in [1.29, 1.82) is 0 Å². The minimum atomic E-state index is -0.246. The van der Waals surface area contributed by atoms with Crippen LogP contribution in [0, 0.1) is 6.92 Å². The van der Waals surface area contributed by atoms with Crippen LogP contribution in [0.3, 0.4) is 0 Å². The Bertz CT molecular complexity index is 1220. The number of thiophene rings is 1. The number of nitrogen functional groups attached to an aromatic ring is 1. The molecule has 2 aromatic heterocycles. The number of methoxy groups -OCH3 is 1. The number of aryl methyl sites for hydroxylation is 1. The number of amides is 1. The molecule has 0 fully saturated rings. The summed E-state index contributed by atoms with van der Waals surface area (Å²) < 4.78 is 7.15. The summed E-state index contributed by atoms with van der Waals surface area (Å²) in [6, 6.07) is 11.7. The molecule has 2 aromatic carbocycles. The Morgan fingerprint density at radius 3 is 2.93 bits per heavy atom. The van der Waals surface area contributed by atoms with E-state index in [1.807, 2.05) is 43.3 Å². The topological polar surface area (TPSA) is 77.2 Å². The number of rotatable bonds is 4. The van der Waals surface area contributed by atoms with E-state index >= 15 is 0 Å². The molecular formula is C21H18BrN3O2S. The molecule has 5 nitrogen and oxygen atoms in total. The predicted octanol–water partition coefficient (Wildman–Crippen LogP) is 5.50. The van der Waals surface area contributed by atoms with Gasteiger partial charge in [-0.1, -0.05) is 28.1 Å². The van der Waals surface area contributed by atoms with Crippen LogP contribution in [-0.4, -0.2) is 18.0 Å². The first-order chi connectivity index (χ1) is 13.5. The average Bonchev–Trinajstić information content (AvgIpc) is 2.98. The number of nitrogens with two attached hydrogens (primary N) is 1. The van der Waals surface area contributed by atoms with E-state index < -0.39 is 0 Å². The molecule has 4 rings (SSSR count). The Balaban J connectivity index is 1.78. The lowest BCUT2D eigenvalue weighted by Crippen LogP contribution is -2.12. The minimum absolute atomic E-state index is 0.246. The molecule has 0 aliphatic carbocycles. The standard InChI is InChI=1S/C21H18BrN3O2S/c1-11-6-13(10-27-2)17-16(7-11)28-20(18(17)23)21(26)25-15-9-14(22)8-12-4-3-5-24-19(12)15/h3-9H,10,23H2,1-2H3,(H,25,26). The molecule has 0 saturated carbocycles. The summed E-state index contributed by atoms with van der Waals surface area (Å²) in [5.74, 6) is -0.246. The molecule has 7 heteroatoms. The van der Waals surface area contributed by atoms with Crippen LogP contribution in [0.5, 0.6) is 0 Å². The summed E-state index contributed by atoms with van der Waals surface area (Å²) in [6.07, 6.45) is 1.71. The van der Waals surface area contributed by atoms with Crippen LogP contribution < -0.4 is 11.1 Å². The van der Waals surface area contributed by atoms with Crippen molar-refractivity contribution in [3.05, 3.63) is 63.1 Å². The maximum Gasteiger partial charge on any atom is 0.267 e. The monoisotopic (exact) mass is 455 g/mol. The van der Waals surface area contributed by atoms with Gasteiger partial charge in [-0.05, 0) is 42.3 Å². The summed E-state index contributed by atoms with van der Waals surface area (Å²) in [4.78, 5) is 18.0. The van der Waals surface area contributed by atoms with E-state index in [1.54, 1.807) is 13.3 Å². The van der Waals surface area contributed by atoms with Gasteiger partial charge in [0.25, 0.3) is 5.91 Å². The molecule has 0 saturated heterocycles. The van der Waals surface area contributed by atoms with Gasteiger partial charge >= 0.3 is 0 Å². The Hall–Kier alpha value is -2.48. The van der Waals surface area contributed by atoms with Gasteiger partial charge in [0.2, 0.25) is 0 Å². The zero-order valence-corrected chi connectivity index (χ0v) is 17.8. The number of nitrogens with one attached hydrogen (secondary N) is 1. The number of carbonyl (C=O) groups is 1. The quantitative estimate of drug-likeness (QED) is 0.425. The highest BCUT2D eigenvalue weighted by atomic mass is 79.9. The number of pyridine rings is 1. The highest BCUT2D eigenvalue weighted by Crippen LogP contribution is 2.38. The van der Waals surface area contributed by atoms with Crippen LogP contribution in [0.2, 0.25) is 0 Å². The van der Waals surface area contributed by atoms with Crippen LogP contribution in [0.1, 0.15) is 20.8 Å². The van der Waals surface area contributed by atoms with Crippen molar-refractivity contribution in [3.63, 3.8) is 0 Å². The molecule has 2 heterocycles. The summed E-state index contributed by atoms with van der Waals surface area (Å²) >= 11 is 4.88. The van der Waals surface area contributed by atoms with Crippen molar-refractivity contribution >= 4 is 65.5 Å². The highest BCUT2D eigenvalue weighted by Gasteiger charge is 2.20. The number of carbonyl (C=O) groups excluding carboxylic acids is 1. The van der Waals surface area contributed by atoms with Gasteiger partial charge in [-0.15, -0.1) is 11.3 Å². The van der Waals surface area contributed by atoms with Crippen molar-refractivity contribution in [2.75, 3.05) is 18.2 Å². The second-order valence-electron chi connectivity index (χ2n) is 6.56. The van der Waals surface area contributed by atoms with Gasteiger partial charge in [0.1, 0.15) is 4.88 Å². The van der Waals surface area contributed by atoms with Crippen LogP contribution in [-0.2, 0) is 11.3 Å². The van der Waals surface area contributed by atoms with Gasteiger partial charge in [0.15, 0.2) is 0 Å². The molecule has 3 N–H and O–H groups in total. The van der Waals surface area contributed by atoms with E-state index in [4.69, 9.17) is 10.5 Å². The third-order valence-corrected chi connectivity index (χ3v) is 6.09. The zero-order valence-electron chi connectivity index (χ0n) is 15.4. The second-order valence-corrected chi connectivity index (χ2v) is 8.53. The maximum absolute atomic E-state index is 13.1. The van der Waals surface area contributed by atoms with Gasteiger partial charge in [0, 0.05) is 33.3 Å². The summed E-state index contributed by atoms with van der Waals surface area (Å²) in [5, 5.41) is 4.81. The third kappa shape index (κ3) is 3.37. The van der Waals surface area contributed by atoms with Gasteiger partial charge in [-0.3, -0.25) is 9.78 Å². The molecule has 4 aromatic rings. The number of hydrogen-bond acceptors (Lipinski definition) is 5. The number of aromatic nitrogens is 1.